The van der Waals surface area contributed by atoms with E-state index < -0.39 is 5.97 Å². The van der Waals surface area contributed by atoms with Gasteiger partial charge in [0.1, 0.15) is 30.5 Å². The third kappa shape index (κ3) is 9.36. The third-order valence-electron chi connectivity index (χ3n) is 7.34. The highest BCUT2D eigenvalue weighted by molar-refractivity contribution is 6.00. The molecular formula is C35H39NO8. The molecule has 3 aromatic rings. The molecule has 0 spiro atoms. The van der Waals surface area contributed by atoms with Crippen LogP contribution in [0.4, 0.5) is 0 Å². The molecule has 0 unspecified atom stereocenters. The lowest BCUT2D eigenvalue weighted by atomic mass is 9.96. The van der Waals surface area contributed by atoms with Crippen molar-refractivity contribution in [3.8, 4) is 17.2 Å². The maximum absolute atomic E-state index is 13.5. The van der Waals surface area contributed by atoms with Gasteiger partial charge in [-0.05, 0) is 85.9 Å². The van der Waals surface area contributed by atoms with E-state index in [-0.39, 0.29) is 23.4 Å². The van der Waals surface area contributed by atoms with Crippen LogP contribution in [-0.4, -0.2) is 69.9 Å². The molecule has 0 N–H and O–H groups in total. The van der Waals surface area contributed by atoms with Crippen molar-refractivity contribution in [3.63, 3.8) is 0 Å². The minimum Gasteiger partial charge on any atom is -0.493 e. The molecule has 0 aromatic heterocycles. The molecule has 0 atom stereocenters. The Labute approximate surface area is 258 Å². The first-order chi connectivity index (χ1) is 21.5. The van der Waals surface area contributed by atoms with Crippen LogP contribution in [0.25, 0.3) is 0 Å². The fourth-order valence-electron chi connectivity index (χ4n) is 4.88. The number of para-hydroxylation sites is 1. The number of esters is 2. The largest absolute Gasteiger partial charge is 0.493 e. The Hall–Kier alpha value is -4.79. The van der Waals surface area contributed by atoms with Gasteiger partial charge in [0.05, 0.1) is 37.9 Å². The van der Waals surface area contributed by atoms with E-state index in [0.29, 0.717) is 57.1 Å². The van der Waals surface area contributed by atoms with E-state index in [9.17, 15) is 14.4 Å². The molecule has 3 aromatic carbocycles. The maximum Gasteiger partial charge on any atom is 0.337 e. The number of nitrogens with zero attached hydrogens (tertiary/aromatic N) is 1. The molecule has 0 aliphatic carbocycles. The van der Waals surface area contributed by atoms with Gasteiger partial charge in [-0.2, -0.15) is 0 Å². The number of hydrogen-bond acceptors (Lipinski definition) is 8. The van der Waals surface area contributed by atoms with E-state index in [0.717, 1.165) is 29.9 Å². The van der Waals surface area contributed by atoms with E-state index >= 15 is 0 Å². The number of aryl methyl sites for hydroxylation is 1. The van der Waals surface area contributed by atoms with Gasteiger partial charge in [-0.25, -0.2) is 4.79 Å². The summed E-state index contributed by atoms with van der Waals surface area (Å²) in [6.07, 6.45) is 6.40. The van der Waals surface area contributed by atoms with Crippen LogP contribution in [0.3, 0.4) is 0 Å². The molecule has 9 heteroatoms. The number of carbonyl (C=O) groups excluding carboxylic acids is 3. The average molecular weight is 602 g/mol. The Bertz CT molecular complexity index is 1400. The van der Waals surface area contributed by atoms with E-state index in [4.69, 9.17) is 23.7 Å². The van der Waals surface area contributed by atoms with Gasteiger partial charge in [-0.1, -0.05) is 30.3 Å². The summed E-state index contributed by atoms with van der Waals surface area (Å²) >= 11 is 0. The molecule has 1 saturated heterocycles. The van der Waals surface area contributed by atoms with Gasteiger partial charge in [0.2, 0.25) is 0 Å². The highest BCUT2D eigenvalue weighted by atomic mass is 16.5. The van der Waals surface area contributed by atoms with Crippen LogP contribution in [-0.2, 0) is 20.7 Å². The zero-order valence-corrected chi connectivity index (χ0v) is 25.2. The Kier molecular flexibility index (Phi) is 12.2. The summed E-state index contributed by atoms with van der Waals surface area (Å²) in [6, 6.07) is 22.3. The second kappa shape index (κ2) is 16.7. The third-order valence-corrected chi connectivity index (χ3v) is 7.34. The first-order valence-electron chi connectivity index (χ1n) is 14.8. The number of carbonyl (C=O) groups is 3. The fourth-order valence-corrected chi connectivity index (χ4v) is 4.88. The smallest absolute Gasteiger partial charge is 0.337 e. The Balaban J connectivity index is 1.24. The molecule has 0 saturated carbocycles. The first kappa shape index (κ1) is 32.1. The van der Waals surface area contributed by atoms with Crippen molar-refractivity contribution < 1.29 is 38.1 Å². The van der Waals surface area contributed by atoms with Gasteiger partial charge in [0, 0.05) is 13.1 Å². The van der Waals surface area contributed by atoms with Crippen LogP contribution >= 0.6 is 0 Å². The second-order valence-corrected chi connectivity index (χ2v) is 10.3. The van der Waals surface area contributed by atoms with E-state index in [1.54, 1.807) is 17.0 Å². The predicted molar refractivity (Wildman–Crippen MR) is 165 cm³/mol. The van der Waals surface area contributed by atoms with Crippen LogP contribution in [0, 0.1) is 5.92 Å². The summed E-state index contributed by atoms with van der Waals surface area (Å²) in [5.74, 6) is 0.765. The van der Waals surface area contributed by atoms with Gasteiger partial charge in [0.15, 0.2) is 0 Å². The van der Waals surface area contributed by atoms with E-state index in [2.05, 4.69) is 0 Å². The summed E-state index contributed by atoms with van der Waals surface area (Å²) in [4.78, 5) is 39.2. The molecule has 1 heterocycles. The number of hydrogen-bond donors (Lipinski definition) is 0. The molecule has 4 rings (SSSR count). The molecular weight excluding hydrogens is 562 g/mol. The maximum atomic E-state index is 13.5. The number of benzene rings is 3. The Morgan fingerprint density at radius 3 is 2.09 bits per heavy atom. The number of piperidine rings is 1. The zero-order chi connectivity index (χ0) is 31.1. The molecule has 1 fully saturated rings. The Morgan fingerprint density at radius 2 is 1.45 bits per heavy atom. The lowest BCUT2D eigenvalue weighted by Gasteiger charge is -2.31. The fraction of sp³-hybridized carbons (Fsp3) is 0.343. The minimum absolute atomic E-state index is 0.219. The average Bonchev–Trinajstić information content (AvgIpc) is 3.08. The number of ether oxygens (including phenoxy) is 5. The number of methoxy groups -OCH3 is 2. The first-order valence-corrected chi connectivity index (χ1v) is 14.8. The summed E-state index contributed by atoms with van der Waals surface area (Å²) in [5.41, 5.74) is 1.70. The topological polar surface area (TPSA) is 101 Å². The highest BCUT2D eigenvalue weighted by Gasteiger charge is 2.30. The van der Waals surface area contributed by atoms with Crippen LogP contribution in [0.2, 0.25) is 0 Å². The van der Waals surface area contributed by atoms with Gasteiger partial charge in [-0.3, -0.25) is 9.59 Å². The summed E-state index contributed by atoms with van der Waals surface area (Å²) in [6.45, 7) is 2.15. The molecule has 1 aliphatic rings. The minimum atomic E-state index is -0.532. The summed E-state index contributed by atoms with van der Waals surface area (Å²) < 4.78 is 27.1. The summed E-state index contributed by atoms with van der Waals surface area (Å²) in [7, 11) is 2.67. The van der Waals surface area contributed by atoms with Crippen LogP contribution in [0.5, 0.6) is 17.2 Å². The van der Waals surface area contributed by atoms with Crippen molar-refractivity contribution in [3.05, 3.63) is 102 Å². The van der Waals surface area contributed by atoms with Crippen molar-refractivity contribution in [2.75, 3.05) is 47.1 Å². The molecule has 9 nitrogen and oxygen atoms in total. The van der Waals surface area contributed by atoms with Crippen molar-refractivity contribution in [2.24, 2.45) is 5.92 Å². The zero-order valence-electron chi connectivity index (χ0n) is 25.2. The normalized spacial score (nSPS) is 13.4. The standard InChI is InChI=1S/C35H39NO8/c1-40-34(38)27-18-20-36(21-19-27)33(37)31-25-28(35(39)41-2)14-17-32(31)44-24-8-9-26-12-15-30(16-13-26)43-23-7-6-22-42-29-10-4-3-5-11-29/h3-7,10-17,25,27H,8-9,18-24H2,1-2H3/b7-6+. The predicted octanol–water partition coefficient (Wildman–Crippen LogP) is 5.52. The van der Waals surface area contributed by atoms with Crippen molar-refractivity contribution in [1.29, 1.82) is 0 Å². The number of likely N-dealkylation sites (tertiary alicyclic amines) is 1. The van der Waals surface area contributed by atoms with E-state index in [1.807, 2.05) is 66.7 Å². The number of rotatable bonds is 14. The lowest BCUT2D eigenvalue weighted by Crippen LogP contribution is -2.40. The van der Waals surface area contributed by atoms with Gasteiger partial charge < -0.3 is 28.6 Å². The van der Waals surface area contributed by atoms with Gasteiger partial charge in [-0.15, -0.1) is 0 Å². The van der Waals surface area contributed by atoms with Crippen LogP contribution < -0.4 is 14.2 Å². The van der Waals surface area contributed by atoms with Gasteiger partial charge >= 0.3 is 11.9 Å². The van der Waals surface area contributed by atoms with E-state index in [1.165, 1.54) is 20.3 Å². The monoisotopic (exact) mass is 601 g/mol. The number of amides is 1. The van der Waals surface area contributed by atoms with Crippen molar-refractivity contribution in [2.45, 2.75) is 25.7 Å². The van der Waals surface area contributed by atoms with Gasteiger partial charge in [0.25, 0.3) is 5.91 Å². The summed E-state index contributed by atoms with van der Waals surface area (Å²) in [5, 5.41) is 0. The molecule has 232 valence electrons. The van der Waals surface area contributed by atoms with Crippen molar-refractivity contribution in [1.82, 2.24) is 4.90 Å². The molecule has 1 aliphatic heterocycles. The molecule has 0 radical (unpaired) electrons. The Morgan fingerprint density at radius 1 is 0.795 bits per heavy atom. The van der Waals surface area contributed by atoms with Crippen LogP contribution in [0.15, 0.2) is 84.9 Å². The highest BCUT2D eigenvalue weighted by Crippen LogP contribution is 2.26. The SMILES string of the molecule is COC(=O)c1ccc(OCCCc2ccc(OC/C=C/COc3ccccc3)cc2)c(C(=O)N2CCC(C(=O)OC)CC2)c1. The lowest BCUT2D eigenvalue weighted by molar-refractivity contribution is -0.146. The van der Waals surface area contributed by atoms with Crippen LogP contribution in [0.1, 0.15) is 45.5 Å². The molecule has 44 heavy (non-hydrogen) atoms. The molecule has 0 bridgehead atoms. The van der Waals surface area contributed by atoms with Crippen molar-refractivity contribution >= 4 is 17.8 Å². The molecule has 1 amide bonds. The quantitative estimate of drug-likeness (QED) is 0.135. The second-order valence-electron chi connectivity index (χ2n) is 10.3.